The first-order valence-electron chi connectivity index (χ1n) is 18.7. The zero-order valence-electron chi connectivity index (χ0n) is 33.1. The third kappa shape index (κ3) is 9.65. The number of carbonyl (C=O) groups excluding carboxylic acids is 1. The Morgan fingerprint density at radius 3 is 1.64 bits per heavy atom. The molecular weight excluding hydrogens is 939 g/mol. The Bertz CT molecular complexity index is 3790. The minimum absolute atomic E-state index is 0.000837. The zero-order chi connectivity index (χ0) is 47.2. The quantitative estimate of drug-likeness (QED) is 0.0377. The van der Waals surface area contributed by atoms with Gasteiger partial charge in [-0.15, -0.1) is 15.3 Å². The maximum Gasteiger partial charge on any atom is 0.296 e. The number of azo groups is 2. The van der Waals surface area contributed by atoms with E-state index in [2.05, 4.69) is 36.3 Å². The first-order chi connectivity index (χ1) is 31.1. The van der Waals surface area contributed by atoms with Crippen molar-refractivity contribution in [2.24, 2.45) is 25.6 Å². The minimum Gasteiger partial charge on any atom is -0.356 e. The van der Waals surface area contributed by atoms with Gasteiger partial charge in [0.15, 0.2) is 5.71 Å². The number of hydrazone groups is 1. The molecule has 0 unspecified atom stereocenters. The SMILES string of the molecule is O=C1/C(=N\Nc2ccc(N=Nc3ccc(N=Nc4cccc(S(=O)(=O)O)c4)c4ccc(S(=O)(=O)O)cc34)c3cc(S(=O)(=O)O)ccc23)C(S(=O)(=O)O)=Cc2cc(Nc3ccccc3)ccc21. The van der Waals surface area contributed by atoms with E-state index < -0.39 is 71.6 Å². The van der Waals surface area contributed by atoms with Crippen molar-refractivity contribution in [3.8, 4) is 0 Å². The van der Waals surface area contributed by atoms with Crippen LogP contribution in [0.15, 0.2) is 179 Å². The lowest BCUT2D eigenvalue weighted by Crippen LogP contribution is -2.27. The summed E-state index contributed by atoms with van der Waals surface area (Å²) in [6, 6.07) is 30.9. The average Bonchev–Trinajstić information content (AvgIpc) is 3.26. The van der Waals surface area contributed by atoms with Crippen molar-refractivity contribution in [1.82, 2.24) is 0 Å². The number of para-hydroxylation sites is 1. The number of anilines is 3. The molecule has 24 heteroatoms. The predicted octanol–water partition coefficient (Wildman–Crippen LogP) is 9.20. The molecule has 0 amide bonds. The van der Waals surface area contributed by atoms with Crippen molar-refractivity contribution < 1.29 is 56.7 Å². The average molecular weight is 968 g/mol. The highest BCUT2D eigenvalue weighted by molar-refractivity contribution is 7.91. The van der Waals surface area contributed by atoms with E-state index in [0.29, 0.717) is 5.69 Å². The summed E-state index contributed by atoms with van der Waals surface area (Å²) >= 11 is 0. The normalized spacial score (nSPS) is 14.3. The summed E-state index contributed by atoms with van der Waals surface area (Å²) in [6.45, 7) is 0. The smallest absolute Gasteiger partial charge is 0.296 e. The fourth-order valence-electron chi connectivity index (χ4n) is 6.74. The van der Waals surface area contributed by atoms with Gasteiger partial charge in [-0.05, 0) is 109 Å². The molecule has 7 aromatic carbocycles. The number of carbonyl (C=O) groups is 1. The van der Waals surface area contributed by atoms with Crippen LogP contribution >= 0.6 is 0 Å². The number of rotatable bonds is 12. The van der Waals surface area contributed by atoms with Crippen LogP contribution in [0.5, 0.6) is 0 Å². The molecule has 0 aromatic heterocycles. The highest BCUT2D eigenvalue weighted by Crippen LogP contribution is 2.39. The predicted molar refractivity (Wildman–Crippen MR) is 243 cm³/mol. The molecule has 66 heavy (non-hydrogen) atoms. The number of fused-ring (bicyclic) bond motifs is 3. The molecule has 0 aliphatic heterocycles. The van der Waals surface area contributed by atoms with Crippen LogP contribution in [-0.2, 0) is 40.5 Å². The molecule has 1 aliphatic rings. The van der Waals surface area contributed by atoms with Gasteiger partial charge in [-0.1, -0.05) is 36.4 Å². The number of hydrogen-bond acceptors (Lipinski definition) is 16. The summed E-state index contributed by atoms with van der Waals surface area (Å²) in [4.78, 5) is 11.4. The number of nitrogens with zero attached hydrogens (tertiary/aromatic N) is 5. The Kier molecular flexibility index (Phi) is 11.8. The van der Waals surface area contributed by atoms with Gasteiger partial charge in [-0.2, -0.15) is 43.9 Å². The number of Topliss-reactive ketones (excluding diaryl/α,β-unsaturated/α-hetero) is 1. The van der Waals surface area contributed by atoms with Crippen LogP contribution in [0.3, 0.4) is 0 Å². The van der Waals surface area contributed by atoms with Crippen LogP contribution in [-0.4, -0.2) is 63.4 Å². The van der Waals surface area contributed by atoms with Crippen LogP contribution in [0, 0.1) is 0 Å². The molecule has 0 bridgehead atoms. The summed E-state index contributed by atoms with van der Waals surface area (Å²) in [6.07, 6.45) is 1.09. The first-order valence-corrected chi connectivity index (χ1v) is 24.4. The first kappa shape index (κ1) is 45.2. The van der Waals surface area contributed by atoms with E-state index in [9.17, 15) is 56.7 Å². The number of allylic oxidation sites excluding steroid dienone is 1. The van der Waals surface area contributed by atoms with E-state index >= 15 is 0 Å². The summed E-state index contributed by atoms with van der Waals surface area (Å²) in [5.41, 5.74) is 3.62. The highest BCUT2D eigenvalue weighted by atomic mass is 32.2. The molecular formula is C42H29N7O13S4. The van der Waals surface area contributed by atoms with E-state index in [-0.39, 0.29) is 61.1 Å². The maximum atomic E-state index is 13.8. The molecule has 6 N–H and O–H groups in total. The van der Waals surface area contributed by atoms with Gasteiger partial charge in [0.2, 0.25) is 5.78 Å². The highest BCUT2D eigenvalue weighted by Gasteiger charge is 2.33. The molecule has 0 atom stereocenters. The van der Waals surface area contributed by atoms with Crippen LogP contribution in [0.2, 0.25) is 0 Å². The van der Waals surface area contributed by atoms with Crippen LogP contribution in [0.4, 0.5) is 39.8 Å². The molecule has 1 aliphatic carbocycles. The lowest BCUT2D eigenvalue weighted by molar-refractivity contribution is 0.106. The number of nitrogens with one attached hydrogen (secondary N) is 2. The van der Waals surface area contributed by atoms with Gasteiger partial charge in [0.1, 0.15) is 4.91 Å². The second-order valence-electron chi connectivity index (χ2n) is 14.2. The summed E-state index contributed by atoms with van der Waals surface area (Å²) in [5, 5.41) is 24.5. The van der Waals surface area contributed by atoms with Crippen molar-refractivity contribution in [1.29, 1.82) is 0 Å². The van der Waals surface area contributed by atoms with Crippen molar-refractivity contribution in [2.75, 3.05) is 10.7 Å². The topological polar surface area (TPSA) is 320 Å². The number of ketones is 1. The van der Waals surface area contributed by atoms with Gasteiger partial charge in [-0.25, -0.2) is 0 Å². The Labute approximate surface area is 374 Å². The molecule has 0 fully saturated rings. The van der Waals surface area contributed by atoms with Crippen molar-refractivity contribution >= 4 is 119 Å². The monoisotopic (exact) mass is 967 g/mol. The zero-order valence-corrected chi connectivity index (χ0v) is 36.4. The molecule has 0 saturated carbocycles. The standard InChI is InChI=1S/C42H29N7O13S4/c50-42-31-12-9-26(43-25-5-2-1-3-6-25)19-24(31)20-40(66(60,61)62)41(42)49-48-37-16-18-39(35-23-30(65(57,58)59)11-14-33(35)37)47-46-38-17-15-36(32-13-10-29(22-34(32)38)64(54,55)56)45-44-27-7-4-8-28(21-27)63(51,52)53/h1-23,43,48H,(H,51,52,53)(H,54,55,56)(H,57,58,59)(H,60,61,62)/b45-44?,47-46?,49-41-. The van der Waals surface area contributed by atoms with Crippen LogP contribution < -0.4 is 10.7 Å². The van der Waals surface area contributed by atoms with Gasteiger partial charge in [0.25, 0.3) is 40.5 Å². The van der Waals surface area contributed by atoms with Gasteiger partial charge in [0.05, 0.1) is 43.1 Å². The maximum absolute atomic E-state index is 13.8. The van der Waals surface area contributed by atoms with Gasteiger partial charge >= 0.3 is 0 Å². The van der Waals surface area contributed by atoms with E-state index in [1.54, 1.807) is 30.3 Å². The molecule has 0 spiro atoms. The third-order valence-corrected chi connectivity index (χ3v) is 13.2. The lowest BCUT2D eigenvalue weighted by Gasteiger charge is -2.18. The summed E-state index contributed by atoms with van der Waals surface area (Å²) in [7, 11) is -19.2. The Hall–Kier alpha value is -7.42. The number of benzene rings is 7. The molecule has 0 heterocycles. The Morgan fingerprint density at radius 2 is 1.02 bits per heavy atom. The molecule has 0 radical (unpaired) electrons. The summed E-state index contributed by atoms with van der Waals surface area (Å²) in [5.74, 6) is -0.856. The van der Waals surface area contributed by atoms with Crippen molar-refractivity contribution in [3.05, 3.63) is 149 Å². The van der Waals surface area contributed by atoms with E-state index in [4.69, 9.17) is 0 Å². The van der Waals surface area contributed by atoms with E-state index in [1.807, 2.05) is 6.07 Å². The molecule has 20 nitrogen and oxygen atoms in total. The summed E-state index contributed by atoms with van der Waals surface area (Å²) < 4.78 is 137. The fraction of sp³-hybridized carbons (Fsp3) is 0. The molecule has 7 aromatic rings. The second-order valence-corrected chi connectivity index (χ2v) is 19.8. The van der Waals surface area contributed by atoms with Crippen molar-refractivity contribution in [3.63, 3.8) is 0 Å². The van der Waals surface area contributed by atoms with E-state index in [1.165, 1.54) is 60.7 Å². The van der Waals surface area contributed by atoms with E-state index in [0.717, 1.165) is 48.2 Å². The van der Waals surface area contributed by atoms with Gasteiger partial charge in [-0.3, -0.25) is 28.4 Å². The Morgan fingerprint density at radius 1 is 0.455 bits per heavy atom. The Balaban J connectivity index is 1.18. The molecule has 8 rings (SSSR count). The minimum atomic E-state index is -5.04. The van der Waals surface area contributed by atoms with Crippen molar-refractivity contribution in [2.45, 2.75) is 14.7 Å². The lowest BCUT2D eigenvalue weighted by atomic mass is 9.94. The van der Waals surface area contributed by atoms with Gasteiger partial charge < -0.3 is 5.32 Å². The number of hydrogen-bond donors (Lipinski definition) is 6. The van der Waals surface area contributed by atoms with Crippen LogP contribution in [0.25, 0.3) is 27.6 Å². The molecule has 334 valence electrons. The molecule has 0 saturated heterocycles. The third-order valence-electron chi connectivity index (χ3n) is 9.82. The largest absolute Gasteiger partial charge is 0.356 e. The fourth-order valence-corrected chi connectivity index (χ4v) is 8.93. The van der Waals surface area contributed by atoms with Crippen LogP contribution in [0.1, 0.15) is 15.9 Å². The van der Waals surface area contributed by atoms with Gasteiger partial charge in [0, 0.05) is 38.5 Å². The second kappa shape index (κ2) is 17.2.